The third kappa shape index (κ3) is 4.97. The van der Waals surface area contributed by atoms with E-state index in [0.717, 1.165) is 48.0 Å². The molecular formula is C22H32N2O. The predicted octanol–water partition coefficient (Wildman–Crippen LogP) is 5.57. The van der Waals surface area contributed by atoms with Crippen LogP contribution >= 0.6 is 0 Å². The summed E-state index contributed by atoms with van der Waals surface area (Å²) in [6.07, 6.45) is 2.21. The highest BCUT2D eigenvalue weighted by Gasteiger charge is 2.16. The van der Waals surface area contributed by atoms with Gasteiger partial charge in [0, 0.05) is 24.0 Å². The zero-order valence-electron chi connectivity index (χ0n) is 16.3. The van der Waals surface area contributed by atoms with Crippen molar-refractivity contribution in [1.82, 2.24) is 4.90 Å². The number of rotatable bonds is 8. The highest BCUT2D eigenvalue weighted by molar-refractivity contribution is 6.09. The standard InChI is InChI=1S/C22H32N2O/c1-16(2)12-14-24(15-13-17(3)4)22(23)20-10-11-21(25-5)19-9-7-6-8-18(19)20/h6-11,16-17,23H,12-15H2,1-5H3. The molecule has 2 aromatic rings. The molecule has 136 valence electrons. The van der Waals surface area contributed by atoms with Crippen LogP contribution in [-0.4, -0.2) is 30.9 Å². The molecule has 0 atom stereocenters. The van der Waals surface area contributed by atoms with Crippen molar-refractivity contribution in [2.24, 2.45) is 11.8 Å². The molecule has 0 unspecified atom stereocenters. The Morgan fingerprint density at radius 3 is 2.00 bits per heavy atom. The quantitative estimate of drug-likeness (QED) is 0.504. The first-order valence-corrected chi connectivity index (χ1v) is 9.33. The Kier molecular flexibility index (Phi) is 6.86. The van der Waals surface area contributed by atoms with Gasteiger partial charge >= 0.3 is 0 Å². The molecule has 2 aromatic carbocycles. The highest BCUT2D eigenvalue weighted by Crippen LogP contribution is 2.29. The molecule has 0 aliphatic carbocycles. The van der Waals surface area contributed by atoms with Crippen LogP contribution in [0, 0.1) is 17.2 Å². The van der Waals surface area contributed by atoms with Crippen LogP contribution in [0.5, 0.6) is 5.75 Å². The van der Waals surface area contributed by atoms with E-state index in [9.17, 15) is 0 Å². The molecule has 3 nitrogen and oxygen atoms in total. The van der Waals surface area contributed by atoms with Crippen molar-refractivity contribution in [3.05, 3.63) is 42.0 Å². The topological polar surface area (TPSA) is 36.3 Å². The third-order valence-electron chi connectivity index (χ3n) is 4.63. The van der Waals surface area contributed by atoms with Crippen LogP contribution in [0.15, 0.2) is 36.4 Å². The van der Waals surface area contributed by atoms with E-state index in [-0.39, 0.29) is 0 Å². The first-order valence-electron chi connectivity index (χ1n) is 9.33. The number of amidine groups is 1. The smallest absolute Gasteiger partial charge is 0.128 e. The molecule has 25 heavy (non-hydrogen) atoms. The van der Waals surface area contributed by atoms with Gasteiger partial charge in [0.2, 0.25) is 0 Å². The molecule has 0 bridgehead atoms. The molecule has 0 saturated carbocycles. The fourth-order valence-electron chi connectivity index (χ4n) is 2.99. The third-order valence-corrected chi connectivity index (χ3v) is 4.63. The van der Waals surface area contributed by atoms with E-state index in [4.69, 9.17) is 10.1 Å². The van der Waals surface area contributed by atoms with Crippen molar-refractivity contribution in [2.45, 2.75) is 40.5 Å². The minimum atomic E-state index is 0.625. The summed E-state index contributed by atoms with van der Waals surface area (Å²) in [5.74, 6) is 2.77. The molecule has 0 saturated heterocycles. The summed E-state index contributed by atoms with van der Waals surface area (Å²) in [4.78, 5) is 2.24. The van der Waals surface area contributed by atoms with Crippen LogP contribution < -0.4 is 4.74 Å². The van der Waals surface area contributed by atoms with Crippen molar-refractivity contribution in [1.29, 1.82) is 5.41 Å². The van der Waals surface area contributed by atoms with Crippen molar-refractivity contribution >= 4 is 16.6 Å². The minimum absolute atomic E-state index is 0.625. The van der Waals surface area contributed by atoms with Crippen LogP contribution in [0.3, 0.4) is 0 Å². The first-order chi connectivity index (χ1) is 11.9. The minimum Gasteiger partial charge on any atom is -0.496 e. The van der Waals surface area contributed by atoms with Crippen molar-refractivity contribution in [3.63, 3.8) is 0 Å². The Labute approximate surface area is 152 Å². The summed E-state index contributed by atoms with van der Waals surface area (Å²) >= 11 is 0. The molecule has 1 N–H and O–H groups in total. The van der Waals surface area contributed by atoms with E-state index < -0.39 is 0 Å². The average Bonchev–Trinajstić information content (AvgIpc) is 2.59. The van der Waals surface area contributed by atoms with Gasteiger partial charge in [0.05, 0.1) is 7.11 Å². The SMILES string of the molecule is COc1ccc(C(=N)N(CCC(C)C)CCC(C)C)c2ccccc12. The number of hydrogen-bond donors (Lipinski definition) is 1. The molecular weight excluding hydrogens is 308 g/mol. The number of nitrogens with one attached hydrogen (secondary N) is 1. The zero-order chi connectivity index (χ0) is 18.4. The summed E-state index contributed by atoms with van der Waals surface area (Å²) in [6.45, 7) is 10.8. The Bertz CT molecular complexity index is 694. The maximum atomic E-state index is 8.87. The average molecular weight is 341 g/mol. The lowest BCUT2D eigenvalue weighted by molar-refractivity contribution is 0.353. The predicted molar refractivity (Wildman–Crippen MR) is 108 cm³/mol. The molecule has 3 heteroatoms. The Morgan fingerprint density at radius 2 is 1.48 bits per heavy atom. The fourth-order valence-corrected chi connectivity index (χ4v) is 2.99. The molecule has 0 radical (unpaired) electrons. The Balaban J connectivity index is 2.35. The lowest BCUT2D eigenvalue weighted by atomic mass is 10.0. The second kappa shape index (κ2) is 8.89. The van der Waals surface area contributed by atoms with E-state index in [1.807, 2.05) is 24.3 Å². The Morgan fingerprint density at radius 1 is 0.920 bits per heavy atom. The maximum absolute atomic E-state index is 8.87. The molecule has 0 fully saturated rings. The summed E-state index contributed by atoms with van der Waals surface area (Å²) in [5, 5.41) is 11.0. The summed E-state index contributed by atoms with van der Waals surface area (Å²) in [5.41, 5.74) is 0.990. The van der Waals surface area contributed by atoms with Gasteiger partial charge < -0.3 is 9.64 Å². The molecule has 2 rings (SSSR count). The molecule has 0 amide bonds. The highest BCUT2D eigenvalue weighted by atomic mass is 16.5. The van der Waals surface area contributed by atoms with Crippen LogP contribution in [0.4, 0.5) is 0 Å². The monoisotopic (exact) mass is 340 g/mol. The normalized spacial score (nSPS) is 11.3. The van der Waals surface area contributed by atoms with Gasteiger partial charge in [0.15, 0.2) is 0 Å². The van der Waals surface area contributed by atoms with E-state index in [1.165, 1.54) is 0 Å². The van der Waals surface area contributed by atoms with Crippen LogP contribution in [-0.2, 0) is 0 Å². The lowest BCUT2D eigenvalue weighted by Gasteiger charge is -2.28. The van der Waals surface area contributed by atoms with E-state index >= 15 is 0 Å². The largest absolute Gasteiger partial charge is 0.496 e. The molecule has 0 spiro atoms. The van der Waals surface area contributed by atoms with E-state index in [0.29, 0.717) is 17.7 Å². The van der Waals surface area contributed by atoms with Crippen LogP contribution in [0.2, 0.25) is 0 Å². The molecule has 0 aliphatic heterocycles. The van der Waals surface area contributed by atoms with E-state index in [2.05, 4.69) is 44.7 Å². The van der Waals surface area contributed by atoms with Crippen LogP contribution in [0.1, 0.15) is 46.1 Å². The van der Waals surface area contributed by atoms with Gasteiger partial charge in [-0.05, 0) is 42.2 Å². The van der Waals surface area contributed by atoms with Gasteiger partial charge in [-0.15, -0.1) is 0 Å². The van der Waals surface area contributed by atoms with Crippen LogP contribution in [0.25, 0.3) is 10.8 Å². The van der Waals surface area contributed by atoms with Gasteiger partial charge in [-0.1, -0.05) is 52.0 Å². The van der Waals surface area contributed by atoms with Gasteiger partial charge in [-0.3, -0.25) is 5.41 Å². The molecule has 0 heterocycles. The molecule has 0 aromatic heterocycles. The maximum Gasteiger partial charge on any atom is 0.128 e. The number of hydrogen-bond acceptors (Lipinski definition) is 2. The van der Waals surface area contributed by atoms with Gasteiger partial charge in [0.1, 0.15) is 11.6 Å². The van der Waals surface area contributed by atoms with Gasteiger partial charge in [-0.2, -0.15) is 0 Å². The molecule has 0 aliphatic rings. The number of ether oxygens (including phenoxy) is 1. The summed E-state index contributed by atoms with van der Waals surface area (Å²) < 4.78 is 5.50. The van der Waals surface area contributed by atoms with Crippen molar-refractivity contribution in [3.8, 4) is 5.75 Å². The van der Waals surface area contributed by atoms with Crippen molar-refractivity contribution in [2.75, 3.05) is 20.2 Å². The number of benzene rings is 2. The van der Waals surface area contributed by atoms with Crippen molar-refractivity contribution < 1.29 is 4.74 Å². The summed E-state index contributed by atoms with van der Waals surface area (Å²) in [6, 6.07) is 12.2. The second-order valence-corrected chi connectivity index (χ2v) is 7.56. The first kappa shape index (κ1) is 19.3. The zero-order valence-corrected chi connectivity index (χ0v) is 16.3. The second-order valence-electron chi connectivity index (χ2n) is 7.56. The number of fused-ring (bicyclic) bond motifs is 1. The lowest BCUT2D eigenvalue weighted by Crippen LogP contribution is -2.34. The fraction of sp³-hybridized carbons (Fsp3) is 0.500. The van der Waals surface area contributed by atoms with Gasteiger partial charge in [0.25, 0.3) is 0 Å². The summed E-state index contributed by atoms with van der Waals surface area (Å²) in [7, 11) is 1.70. The Hall–Kier alpha value is -2.03. The number of methoxy groups -OCH3 is 1. The van der Waals surface area contributed by atoms with E-state index in [1.54, 1.807) is 7.11 Å². The van der Waals surface area contributed by atoms with Gasteiger partial charge in [-0.25, -0.2) is 0 Å². The number of nitrogens with zero attached hydrogens (tertiary/aromatic N) is 1.